The summed E-state index contributed by atoms with van der Waals surface area (Å²) >= 11 is 0. The van der Waals surface area contributed by atoms with Crippen molar-refractivity contribution >= 4 is 23.4 Å². The largest absolute Gasteiger partial charge is 0.307 e. The number of carbonyl (C=O) groups is 4. The fraction of sp³-hybridized carbons (Fsp3) is 0.788. The van der Waals surface area contributed by atoms with Gasteiger partial charge < -0.3 is 4.79 Å². The standard InChI is InChI=1S/C33H47N3O4/c1-19(37)35-36-27(40)33-14-12-28(2,3)17-20(33)25-22(38)16-24-30(6)18-21(34-9)26(39)29(4,5)23(30)10-11-31(24,7)32(25,8)13-15-33/h18,20,23-25H,10-17H2,1-8H3,(H,35,37)(H,36,40)/t20-,23-,24+,25-,30-,31+,32+,33-/m0/s1. The lowest BCUT2D eigenvalue weighted by Crippen LogP contribution is -2.70. The molecule has 2 amide bonds. The molecule has 5 rings (SSSR count). The van der Waals surface area contributed by atoms with Crippen LogP contribution in [-0.2, 0) is 19.2 Å². The molecule has 0 saturated heterocycles. The molecule has 0 bridgehead atoms. The van der Waals surface area contributed by atoms with Crippen LogP contribution < -0.4 is 10.9 Å². The molecule has 0 aromatic rings. The molecule has 0 aromatic heterocycles. The van der Waals surface area contributed by atoms with Crippen LogP contribution >= 0.6 is 0 Å². The number of fused-ring (bicyclic) bond motifs is 7. The zero-order valence-electron chi connectivity index (χ0n) is 25.6. The monoisotopic (exact) mass is 549 g/mol. The summed E-state index contributed by atoms with van der Waals surface area (Å²) in [6.45, 7) is 24.5. The second kappa shape index (κ2) is 8.76. The van der Waals surface area contributed by atoms with E-state index in [0.717, 1.165) is 32.1 Å². The maximum Gasteiger partial charge on any atom is 0.244 e. The Morgan fingerprint density at radius 1 is 0.900 bits per heavy atom. The first kappa shape index (κ1) is 29.0. The zero-order chi connectivity index (χ0) is 29.7. The molecule has 2 N–H and O–H groups in total. The van der Waals surface area contributed by atoms with Crippen molar-refractivity contribution in [1.82, 2.24) is 10.9 Å². The summed E-state index contributed by atoms with van der Waals surface area (Å²) in [4.78, 5) is 57.0. The summed E-state index contributed by atoms with van der Waals surface area (Å²) in [5.41, 5.74) is 3.20. The first-order valence-corrected chi connectivity index (χ1v) is 15.1. The summed E-state index contributed by atoms with van der Waals surface area (Å²) in [6, 6.07) is 0. The van der Waals surface area contributed by atoms with Gasteiger partial charge in [0.2, 0.25) is 17.5 Å². The average molecular weight is 550 g/mol. The smallest absolute Gasteiger partial charge is 0.244 e. The minimum absolute atomic E-state index is 0.0173. The molecule has 218 valence electrons. The van der Waals surface area contributed by atoms with E-state index in [9.17, 15) is 19.2 Å². The van der Waals surface area contributed by atoms with Crippen LogP contribution in [-0.4, -0.2) is 23.4 Å². The number of carbonyl (C=O) groups excluding carboxylic acids is 4. The van der Waals surface area contributed by atoms with Crippen LogP contribution in [0.4, 0.5) is 0 Å². The Morgan fingerprint density at radius 2 is 1.55 bits per heavy atom. The van der Waals surface area contributed by atoms with Crippen LogP contribution in [0.25, 0.3) is 4.85 Å². The number of rotatable bonds is 1. The van der Waals surface area contributed by atoms with Crippen LogP contribution in [0.5, 0.6) is 0 Å². The highest BCUT2D eigenvalue weighted by Gasteiger charge is 2.72. The highest BCUT2D eigenvalue weighted by atomic mass is 16.2. The van der Waals surface area contributed by atoms with Gasteiger partial charge in [0.1, 0.15) is 5.78 Å². The molecule has 0 spiro atoms. The molecule has 7 nitrogen and oxygen atoms in total. The fourth-order valence-corrected chi connectivity index (χ4v) is 10.9. The molecular formula is C33H47N3O4. The van der Waals surface area contributed by atoms with Crippen LogP contribution in [0.1, 0.15) is 107 Å². The second-order valence-electron chi connectivity index (χ2n) is 16.0. The van der Waals surface area contributed by atoms with Gasteiger partial charge in [-0.3, -0.25) is 25.2 Å². The number of nitrogens with zero attached hydrogens (tertiary/aromatic N) is 1. The van der Waals surface area contributed by atoms with E-state index >= 15 is 0 Å². The molecule has 0 heterocycles. The Bertz CT molecular complexity index is 1260. The minimum atomic E-state index is -0.682. The van der Waals surface area contributed by atoms with E-state index in [-0.39, 0.29) is 69.0 Å². The van der Waals surface area contributed by atoms with Gasteiger partial charge in [-0.25, -0.2) is 4.85 Å². The molecule has 7 heteroatoms. The van der Waals surface area contributed by atoms with Crippen LogP contribution in [0.3, 0.4) is 0 Å². The Morgan fingerprint density at radius 3 is 2.17 bits per heavy atom. The summed E-state index contributed by atoms with van der Waals surface area (Å²) in [6.07, 6.45) is 8.03. The molecule has 4 saturated carbocycles. The molecule has 4 fully saturated rings. The van der Waals surface area contributed by atoms with Gasteiger partial charge in [0.25, 0.3) is 0 Å². The molecule has 0 aliphatic heterocycles. The molecule has 0 aromatic carbocycles. The molecule has 0 radical (unpaired) electrons. The number of nitrogens with one attached hydrogen (secondary N) is 2. The predicted molar refractivity (Wildman–Crippen MR) is 152 cm³/mol. The van der Waals surface area contributed by atoms with Crippen molar-refractivity contribution in [2.24, 2.45) is 56.2 Å². The Labute approximate surface area is 239 Å². The average Bonchev–Trinajstić information content (AvgIpc) is 2.86. The number of ketones is 2. The third-order valence-electron chi connectivity index (χ3n) is 13.3. The SMILES string of the molecule is [C-]#[N+]C1=C[C@]2(C)[C@H]3CC(=O)[C@@H]4[C@@H]5CC(C)(C)CC[C@]5(C(=O)NNC(C)=O)CC[C@@]4(C)[C@]3(C)CC[C@H]2C(C)(C)C1=O. The Balaban J connectivity index is 1.61. The minimum Gasteiger partial charge on any atom is -0.307 e. The van der Waals surface area contributed by atoms with E-state index in [0.29, 0.717) is 19.3 Å². The summed E-state index contributed by atoms with van der Waals surface area (Å²) in [5.74, 6) is -0.551. The summed E-state index contributed by atoms with van der Waals surface area (Å²) in [5, 5.41) is 0. The number of Topliss-reactive ketones (excluding diaryl/α,β-unsaturated/α-hetero) is 2. The van der Waals surface area contributed by atoms with Gasteiger partial charge in [0.15, 0.2) is 5.78 Å². The van der Waals surface area contributed by atoms with E-state index in [4.69, 9.17) is 6.57 Å². The molecule has 0 unspecified atom stereocenters. The maximum atomic E-state index is 14.6. The molecule has 5 aliphatic carbocycles. The second-order valence-corrected chi connectivity index (χ2v) is 16.0. The third kappa shape index (κ3) is 3.66. The summed E-state index contributed by atoms with van der Waals surface area (Å²) in [7, 11) is 0. The first-order chi connectivity index (χ1) is 18.4. The van der Waals surface area contributed by atoms with Gasteiger partial charge in [-0.1, -0.05) is 54.5 Å². The van der Waals surface area contributed by atoms with Crippen molar-refractivity contribution in [3.8, 4) is 0 Å². The quantitative estimate of drug-likeness (QED) is 0.319. The highest BCUT2D eigenvalue weighted by molar-refractivity contribution is 6.02. The van der Waals surface area contributed by atoms with Crippen molar-refractivity contribution in [3.63, 3.8) is 0 Å². The number of hydrazine groups is 1. The molecule has 40 heavy (non-hydrogen) atoms. The van der Waals surface area contributed by atoms with Crippen molar-refractivity contribution < 1.29 is 19.2 Å². The van der Waals surface area contributed by atoms with E-state index in [1.807, 2.05) is 19.9 Å². The lowest BCUT2D eigenvalue weighted by molar-refractivity contribution is -0.222. The Kier molecular flexibility index (Phi) is 6.35. The molecule has 5 aliphatic rings. The van der Waals surface area contributed by atoms with Crippen molar-refractivity contribution in [2.75, 3.05) is 0 Å². The lowest BCUT2D eigenvalue weighted by atomic mass is 9.31. The maximum absolute atomic E-state index is 14.6. The van der Waals surface area contributed by atoms with Crippen molar-refractivity contribution in [1.29, 1.82) is 0 Å². The van der Waals surface area contributed by atoms with Crippen molar-refractivity contribution in [3.05, 3.63) is 23.2 Å². The first-order valence-electron chi connectivity index (χ1n) is 15.1. The third-order valence-corrected chi connectivity index (χ3v) is 13.3. The van der Waals surface area contributed by atoms with E-state index in [2.05, 4.69) is 50.3 Å². The topological polar surface area (TPSA) is 96.7 Å². The van der Waals surface area contributed by atoms with Crippen molar-refractivity contribution in [2.45, 2.75) is 107 Å². The summed E-state index contributed by atoms with van der Waals surface area (Å²) < 4.78 is 0. The van der Waals surface area contributed by atoms with Gasteiger partial charge in [-0.2, -0.15) is 0 Å². The van der Waals surface area contributed by atoms with Crippen LogP contribution in [0.2, 0.25) is 0 Å². The number of hydrogen-bond donors (Lipinski definition) is 2. The number of hydrogen-bond acceptors (Lipinski definition) is 4. The molecule has 8 atom stereocenters. The van der Waals surface area contributed by atoms with Gasteiger partial charge in [0, 0.05) is 24.7 Å². The van der Waals surface area contributed by atoms with Gasteiger partial charge >= 0.3 is 0 Å². The zero-order valence-corrected chi connectivity index (χ0v) is 25.6. The predicted octanol–water partition coefficient (Wildman–Crippen LogP) is 5.81. The number of amides is 2. The lowest BCUT2D eigenvalue weighted by Gasteiger charge is -2.71. The Hall–Kier alpha value is -2.49. The normalized spacial score (nSPS) is 44.9. The van der Waals surface area contributed by atoms with E-state index in [1.165, 1.54) is 6.92 Å². The van der Waals surface area contributed by atoms with Gasteiger partial charge in [-0.15, -0.1) is 0 Å². The van der Waals surface area contributed by atoms with Crippen LogP contribution in [0.15, 0.2) is 11.8 Å². The molecular weight excluding hydrogens is 502 g/mol. The highest BCUT2D eigenvalue weighted by Crippen LogP contribution is 2.75. The fourth-order valence-electron chi connectivity index (χ4n) is 10.9. The van der Waals surface area contributed by atoms with Gasteiger partial charge in [-0.05, 0) is 84.4 Å². The van der Waals surface area contributed by atoms with E-state index < -0.39 is 16.2 Å². The van der Waals surface area contributed by atoms with Crippen LogP contribution in [0, 0.1) is 62.7 Å². The van der Waals surface area contributed by atoms with Gasteiger partial charge in [0.05, 0.1) is 12.0 Å². The number of allylic oxidation sites excluding steroid dienone is 2. The van der Waals surface area contributed by atoms with E-state index in [1.54, 1.807) is 0 Å².